The van der Waals surface area contributed by atoms with Gasteiger partial charge in [-0.2, -0.15) is 0 Å². The fourth-order valence-electron chi connectivity index (χ4n) is 7.08. The van der Waals surface area contributed by atoms with Gasteiger partial charge in [0.2, 0.25) is 0 Å². The molecular weight excluding hydrogens is 591 g/mol. The summed E-state index contributed by atoms with van der Waals surface area (Å²) >= 11 is 1.88. The minimum Gasteiger partial charge on any atom is -0.208 e. The highest BCUT2D eigenvalue weighted by Gasteiger charge is 2.18. The van der Waals surface area contributed by atoms with Crippen molar-refractivity contribution in [2.75, 3.05) is 0 Å². The summed E-state index contributed by atoms with van der Waals surface area (Å²) in [6.45, 7) is 0. The average molecular weight is 616 g/mol. The van der Waals surface area contributed by atoms with E-state index in [4.69, 9.17) is 15.0 Å². The van der Waals surface area contributed by atoms with Crippen molar-refractivity contribution in [2.45, 2.75) is 0 Å². The minimum absolute atomic E-state index is 0.656. The third-order valence-electron chi connectivity index (χ3n) is 9.28. The van der Waals surface area contributed by atoms with Gasteiger partial charge in [-0.1, -0.05) is 133 Å². The first-order chi connectivity index (χ1) is 23.3. The third kappa shape index (κ3) is 4.16. The second kappa shape index (κ2) is 10.3. The number of aromatic nitrogens is 3. The summed E-state index contributed by atoms with van der Waals surface area (Å²) in [5.74, 6) is 1.98. The summed E-state index contributed by atoms with van der Waals surface area (Å²) in [5, 5.41) is 10.3. The van der Waals surface area contributed by atoms with Gasteiger partial charge in [0.1, 0.15) is 0 Å². The molecule has 0 amide bonds. The fraction of sp³-hybridized carbons (Fsp3) is 0. The highest BCUT2D eigenvalue weighted by Crippen LogP contribution is 2.47. The zero-order valence-electron chi connectivity index (χ0n) is 25.2. The molecule has 0 bridgehead atoms. The van der Waals surface area contributed by atoms with E-state index in [0.717, 1.165) is 22.1 Å². The maximum Gasteiger partial charge on any atom is 0.164 e. The smallest absolute Gasteiger partial charge is 0.164 e. The van der Waals surface area contributed by atoms with Gasteiger partial charge >= 0.3 is 0 Å². The van der Waals surface area contributed by atoms with Gasteiger partial charge in [0.25, 0.3) is 0 Å². The summed E-state index contributed by atoms with van der Waals surface area (Å²) in [7, 11) is 0. The molecule has 0 fully saturated rings. The number of rotatable bonds is 4. The fourth-order valence-corrected chi connectivity index (χ4v) is 8.24. The largest absolute Gasteiger partial charge is 0.208 e. The van der Waals surface area contributed by atoms with E-state index in [9.17, 15) is 0 Å². The summed E-state index contributed by atoms with van der Waals surface area (Å²) in [6, 6.07) is 53.7. The molecule has 0 atom stereocenters. The van der Waals surface area contributed by atoms with Crippen molar-refractivity contribution >= 4 is 63.8 Å². The molecule has 2 aromatic heterocycles. The molecule has 10 aromatic rings. The van der Waals surface area contributed by atoms with Crippen molar-refractivity contribution in [3.8, 4) is 45.3 Å². The molecule has 4 heteroatoms. The second-order valence-corrected chi connectivity index (χ2v) is 13.1. The first-order valence-corrected chi connectivity index (χ1v) is 16.6. The highest BCUT2D eigenvalue weighted by molar-refractivity contribution is 7.26. The summed E-state index contributed by atoms with van der Waals surface area (Å²) in [5.41, 5.74) is 5.28. The van der Waals surface area contributed by atoms with E-state index in [1.807, 2.05) is 41.7 Å². The van der Waals surface area contributed by atoms with Crippen molar-refractivity contribution < 1.29 is 0 Å². The van der Waals surface area contributed by atoms with Gasteiger partial charge < -0.3 is 0 Å². The molecule has 0 saturated heterocycles. The molecule has 0 aliphatic heterocycles. The van der Waals surface area contributed by atoms with Gasteiger partial charge in [-0.05, 0) is 61.6 Å². The Bertz CT molecular complexity index is 2780. The Balaban J connectivity index is 1.13. The zero-order chi connectivity index (χ0) is 30.9. The molecule has 0 aliphatic rings. The topological polar surface area (TPSA) is 38.7 Å². The van der Waals surface area contributed by atoms with Crippen LogP contribution in [0.15, 0.2) is 152 Å². The van der Waals surface area contributed by atoms with Crippen molar-refractivity contribution in [1.82, 2.24) is 15.0 Å². The number of fused-ring (bicyclic) bond motifs is 4. The summed E-state index contributed by atoms with van der Waals surface area (Å²) < 4.78 is 2.69. The molecule has 0 spiro atoms. The van der Waals surface area contributed by atoms with Crippen molar-refractivity contribution in [3.63, 3.8) is 0 Å². The Morgan fingerprint density at radius 2 is 0.872 bits per heavy atom. The van der Waals surface area contributed by atoms with Crippen molar-refractivity contribution in [1.29, 1.82) is 0 Å². The van der Waals surface area contributed by atoms with Gasteiger partial charge in [0, 0.05) is 36.9 Å². The SMILES string of the molecule is c1ccc(-c2nc(-c3ccc(-c4cccc5c6cccc7sc8cccc(c45)c8c76)cc3)nc(-c3ccc4ccccc4c3)n2)cc1. The molecule has 0 unspecified atom stereocenters. The molecule has 0 N–H and O–H groups in total. The van der Waals surface area contributed by atoms with Crippen LogP contribution in [0.4, 0.5) is 0 Å². The van der Waals surface area contributed by atoms with Crippen LogP contribution in [-0.4, -0.2) is 15.0 Å². The Morgan fingerprint density at radius 1 is 0.340 bits per heavy atom. The van der Waals surface area contributed by atoms with Crippen LogP contribution < -0.4 is 0 Å². The molecule has 0 saturated carbocycles. The van der Waals surface area contributed by atoms with E-state index in [1.165, 1.54) is 58.2 Å². The number of benzene rings is 8. The van der Waals surface area contributed by atoms with Crippen LogP contribution in [0.2, 0.25) is 0 Å². The number of thiophene rings is 1. The minimum atomic E-state index is 0.656. The molecule has 47 heavy (non-hydrogen) atoms. The maximum atomic E-state index is 5.02. The lowest BCUT2D eigenvalue weighted by atomic mass is 9.89. The second-order valence-electron chi connectivity index (χ2n) is 12.0. The van der Waals surface area contributed by atoms with Gasteiger partial charge in [0.15, 0.2) is 17.5 Å². The normalized spacial score (nSPS) is 11.8. The number of nitrogens with zero attached hydrogens (tertiary/aromatic N) is 3. The molecular formula is C43H25N3S. The molecule has 218 valence electrons. The standard InChI is InChI=1S/C43H25N3S/c1-2-10-28(11-3-1)41-44-42(46-43(45-41)31-24-19-26-9-4-5-12-30(26)25-31)29-22-20-27(21-23-29)32-13-6-14-33-34-15-7-17-36-39(34)40-35(38(32)33)16-8-18-37(40)47-36/h1-25H. The lowest BCUT2D eigenvalue weighted by molar-refractivity contribution is 1.07. The molecule has 10 rings (SSSR count). The lowest BCUT2D eigenvalue weighted by Gasteiger charge is -2.14. The van der Waals surface area contributed by atoms with Crippen LogP contribution in [0.1, 0.15) is 0 Å². The summed E-state index contributed by atoms with van der Waals surface area (Å²) in [6.07, 6.45) is 0. The molecule has 0 radical (unpaired) electrons. The Kier molecular flexibility index (Phi) is 5.74. The Morgan fingerprint density at radius 3 is 1.62 bits per heavy atom. The van der Waals surface area contributed by atoms with Crippen molar-refractivity contribution in [2.24, 2.45) is 0 Å². The van der Waals surface area contributed by atoms with Crippen LogP contribution in [0.3, 0.4) is 0 Å². The van der Waals surface area contributed by atoms with Crippen LogP contribution in [0, 0.1) is 0 Å². The Labute approximate surface area is 274 Å². The zero-order valence-corrected chi connectivity index (χ0v) is 26.0. The van der Waals surface area contributed by atoms with E-state index < -0.39 is 0 Å². The average Bonchev–Trinajstić information content (AvgIpc) is 3.54. The first-order valence-electron chi connectivity index (χ1n) is 15.8. The monoisotopic (exact) mass is 615 g/mol. The Hall–Kier alpha value is -5.97. The van der Waals surface area contributed by atoms with Crippen LogP contribution in [0.25, 0.3) is 97.8 Å². The molecule has 3 nitrogen and oxygen atoms in total. The van der Waals surface area contributed by atoms with Crippen LogP contribution in [0.5, 0.6) is 0 Å². The van der Waals surface area contributed by atoms with Crippen molar-refractivity contribution in [3.05, 3.63) is 152 Å². The van der Waals surface area contributed by atoms with E-state index >= 15 is 0 Å². The van der Waals surface area contributed by atoms with E-state index in [-0.39, 0.29) is 0 Å². The first kappa shape index (κ1) is 26.3. The quantitative estimate of drug-likeness (QED) is 0.185. The van der Waals surface area contributed by atoms with Gasteiger partial charge in [0.05, 0.1) is 0 Å². The highest BCUT2D eigenvalue weighted by atomic mass is 32.1. The maximum absolute atomic E-state index is 5.02. The van der Waals surface area contributed by atoms with Gasteiger partial charge in [-0.15, -0.1) is 11.3 Å². The predicted molar refractivity (Wildman–Crippen MR) is 198 cm³/mol. The van der Waals surface area contributed by atoms with E-state index in [0.29, 0.717) is 17.5 Å². The molecule has 2 heterocycles. The molecule has 0 aliphatic carbocycles. The van der Waals surface area contributed by atoms with E-state index in [1.54, 1.807) is 0 Å². The van der Waals surface area contributed by atoms with Gasteiger partial charge in [-0.25, -0.2) is 15.0 Å². The number of hydrogen-bond acceptors (Lipinski definition) is 4. The number of hydrogen-bond donors (Lipinski definition) is 0. The molecule has 8 aromatic carbocycles. The lowest BCUT2D eigenvalue weighted by Crippen LogP contribution is -2.00. The van der Waals surface area contributed by atoms with Crippen LogP contribution in [-0.2, 0) is 0 Å². The van der Waals surface area contributed by atoms with Crippen LogP contribution >= 0.6 is 11.3 Å². The third-order valence-corrected chi connectivity index (χ3v) is 10.4. The predicted octanol–water partition coefficient (Wildman–Crippen LogP) is 11.8. The summed E-state index contributed by atoms with van der Waals surface area (Å²) in [4.78, 5) is 15.0. The van der Waals surface area contributed by atoms with E-state index in [2.05, 4.69) is 121 Å². The van der Waals surface area contributed by atoms with Gasteiger partial charge in [-0.3, -0.25) is 0 Å².